The van der Waals surface area contributed by atoms with Gasteiger partial charge in [0.15, 0.2) is 31.5 Å². The van der Waals surface area contributed by atoms with Crippen molar-refractivity contribution in [3.8, 4) is 0 Å². The van der Waals surface area contributed by atoms with Crippen molar-refractivity contribution >= 4 is 5.91 Å². The number of hydrogen-bond donors (Lipinski definition) is 17. The van der Waals surface area contributed by atoms with Gasteiger partial charge < -0.3 is 134 Å². The maximum atomic E-state index is 13.5. The zero-order valence-corrected chi connectivity index (χ0v) is 59.7. The lowest BCUT2D eigenvalue weighted by atomic mass is 9.95. The molecule has 0 bridgehead atoms. The summed E-state index contributed by atoms with van der Waals surface area (Å²) < 4.78 is 58.0. The molecule has 17 N–H and O–H groups in total. The summed E-state index contributed by atoms with van der Waals surface area (Å²) in [4.78, 5) is 13.5. The third-order valence-electron chi connectivity index (χ3n) is 19.9. The standard InChI is InChI=1S/C72H131NO27/c1-4-6-8-10-12-14-16-18-19-20-21-22-23-24-25-27-29-31-33-35-37-39-52(79)73-46(47(78)38-36-34-32-30-28-26-17-15-13-11-9-7-5-2)44-91-68-61(88)58(85)64(50(42-76)95-68)97-70-62(89)59(86)65(51(43-77)96-70)98-71-63(90)66(55(82)49(41-75)93-71)99-72-67(57(84)54(81)48(40-74)94-72)100-69-60(87)56(83)53(80)45(3)92-69/h18-19,36,38,45-51,53-72,74-78,80-90H,4-17,20-35,37,39-44H2,1-3H3,(H,73,79)/b19-18-,38-36+/t45?,46-,47+,48?,49?,50?,51?,53+,54-,55-,56?,57-,58+,59+,60-,61?,62?,63?,64+,65-,66-,67?,68+,69+,70-,71-,72+/m0/s1. The highest BCUT2D eigenvalue weighted by molar-refractivity contribution is 5.76. The molecule has 5 aliphatic rings. The van der Waals surface area contributed by atoms with E-state index < -0.39 is 199 Å². The van der Waals surface area contributed by atoms with E-state index in [-0.39, 0.29) is 12.3 Å². The number of carbonyl (C=O) groups is 1. The van der Waals surface area contributed by atoms with Crippen LogP contribution in [0.15, 0.2) is 24.3 Å². The van der Waals surface area contributed by atoms with Gasteiger partial charge in [-0.1, -0.05) is 192 Å². The molecular weight excluding hydrogens is 1310 g/mol. The second kappa shape index (κ2) is 49.7. The fourth-order valence-corrected chi connectivity index (χ4v) is 13.5. The summed E-state index contributed by atoms with van der Waals surface area (Å²) in [6.07, 6.45) is -2.62. The first kappa shape index (κ1) is 88.5. The summed E-state index contributed by atoms with van der Waals surface area (Å²) in [5.74, 6) is -0.317. The van der Waals surface area contributed by atoms with Gasteiger partial charge in [-0.3, -0.25) is 4.79 Å². The van der Waals surface area contributed by atoms with E-state index >= 15 is 0 Å². The molecule has 27 atom stereocenters. The first-order chi connectivity index (χ1) is 48.3. The highest BCUT2D eigenvalue weighted by atomic mass is 16.8. The molecule has 0 radical (unpaired) electrons. The number of amides is 1. The van der Waals surface area contributed by atoms with Crippen LogP contribution in [0.25, 0.3) is 0 Å². The van der Waals surface area contributed by atoms with Crippen LogP contribution in [-0.4, -0.2) is 286 Å². The third kappa shape index (κ3) is 28.9. The average Bonchev–Trinajstić information content (AvgIpc) is 0.774. The van der Waals surface area contributed by atoms with Gasteiger partial charge in [-0.25, -0.2) is 0 Å². The summed E-state index contributed by atoms with van der Waals surface area (Å²) in [5.41, 5.74) is 0. The van der Waals surface area contributed by atoms with Crippen LogP contribution in [-0.2, 0) is 52.2 Å². The molecule has 5 saturated heterocycles. The molecule has 28 nitrogen and oxygen atoms in total. The molecule has 0 aromatic carbocycles. The van der Waals surface area contributed by atoms with Gasteiger partial charge in [-0.15, -0.1) is 0 Å². The smallest absolute Gasteiger partial charge is 0.220 e. The Labute approximate surface area is 592 Å². The second-order valence-electron chi connectivity index (χ2n) is 28.1. The lowest BCUT2D eigenvalue weighted by Gasteiger charge is -2.50. The Morgan fingerprint density at radius 1 is 0.370 bits per heavy atom. The van der Waals surface area contributed by atoms with E-state index in [0.717, 1.165) is 44.9 Å². The van der Waals surface area contributed by atoms with Crippen molar-refractivity contribution in [3.63, 3.8) is 0 Å². The van der Waals surface area contributed by atoms with Gasteiger partial charge in [0.1, 0.15) is 116 Å². The van der Waals surface area contributed by atoms with Crippen LogP contribution in [0.1, 0.15) is 226 Å². The number of rotatable bonds is 51. The van der Waals surface area contributed by atoms with Crippen LogP contribution in [0.5, 0.6) is 0 Å². The molecule has 28 heteroatoms. The van der Waals surface area contributed by atoms with Crippen LogP contribution in [0.3, 0.4) is 0 Å². The number of ether oxygens (including phenoxy) is 10. The van der Waals surface area contributed by atoms with Gasteiger partial charge in [0.05, 0.1) is 51.3 Å². The predicted molar refractivity (Wildman–Crippen MR) is 364 cm³/mol. The monoisotopic (exact) mass is 1440 g/mol. The fourth-order valence-electron chi connectivity index (χ4n) is 13.5. The number of aliphatic hydroxyl groups excluding tert-OH is 16. The number of nitrogens with one attached hydrogen (secondary N) is 1. The second-order valence-corrected chi connectivity index (χ2v) is 28.1. The molecule has 10 unspecified atom stereocenters. The van der Waals surface area contributed by atoms with E-state index in [1.165, 1.54) is 148 Å². The molecule has 0 aromatic rings. The minimum absolute atomic E-state index is 0.201. The molecule has 100 heavy (non-hydrogen) atoms. The van der Waals surface area contributed by atoms with Crippen LogP contribution in [0.4, 0.5) is 0 Å². The summed E-state index contributed by atoms with van der Waals surface area (Å²) in [6, 6.07) is -1.03. The topological polar surface area (TPSA) is 445 Å². The van der Waals surface area contributed by atoms with Crippen molar-refractivity contribution < 1.29 is 134 Å². The lowest BCUT2D eigenvalue weighted by Crippen LogP contribution is -2.68. The summed E-state index contributed by atoms with van der Waals surface area (Å²) in [7, 11) is 0. The van der Waals surface area contributed by atoms with E-state index in [1.807, 2.05) is 6.08 Å². The van der Waals surface area contributed by atoms with Gasteiger partial charge in [0.25, 0.3) is 0 Å². The van der Waals surface area contributed by atoms with Crippen LogP contribution in [0.2, 0.25) is 0 Å². The summed E-state index contributed by atoms with van der Waals surface area (Å²) in [6.45, 7) is 1.63. The van der Waals surface area contributed by atoms with Gasteiger partial charge in [-0.2, -0.15) is 0 Å². The molecule has 0 saturated carbocycles. The van der Waals surface area contributed by atoms with E-state index in [1.54, 1.807) is 6.08 Å². The van der Waals surface area contributed by atoms with Crippen LogP contribution >= 0.6 is 0 Å². The van der Waals surface area contributed by atoms with Crippen molar-refractivity contribution in [2.45, 2.75) is 392 Å². The Bertz CT molecular complexity index is 2160. The molecule has 0 spiro atoms. The number of hydrogen-bond acceptors (Lipinski definition) is 27. The van der Waals surface area contributed by atoms with Gasteiger partial charge in [0.2, 0.25) is 5.91 Å². The normalized spacial score (nSPS) is 35.8. The quantitative estimate of drug-likeness (QED) is 0.0307. The molecule has 5 heterocycles. The number of aliphatic hydroxyl groups is 16. The third-order valence-corrected chi connectivity index (χ3v) is 19.9. The predicted octanol–water partition coefficient (Wildman–Crippen LogP) is 2.61. The van der Waals surface area contributed by atoms with Gasteiger partial charge in [0, 0.05) is 6.42 Å². The largest absolute Gasteiger partial charge is 0.394 e. The molecule has 0 aliphatic carbocycles. The lowest BCUT2D eigenvalue weighted by molar-refractivity contribution is -0.398. The maximum Gasteiger partial charge on any atom is 0.220 e. The summed E-state index contributed by atoms with van der Waals surface area (Å²) in [5, 5.41) is 178. The molecule has 0 aromatic heterocycles. The molecular formula is C72H131NO27. The highest BCUT2D eigenvalue weighted by Crippen LogP contribution is 2.37. The van der Waals surface area contributed by atoms with Crippen molar-refractivity contribution in [2.75, 3.05) is 33.0 Å². The fraction of sp³-hybridized carbons (Fsp3) is 0.931. The van der Waals surface area contributed by atoms with Crippen molar-refractivity contribution in [1.82, 2.24) is 5.32 Å². The Hall–Kier alpha value is -2.09. The summed E-state index contributed by atoms with van der Waals surface area (Å²) >= 11 is 0. The van der Waals surface area contributed by atoms with Crippen molar-refractivity contribution in [1.29, 1.82) is 0 Å². The van der Waals surface area contributed by atoms with E-state index in [2.05, 4.69) is 31.3 Å². The first-order valence-electron chi connectivity index (χ1n) is 38.0. The molecule has 5 rings (SSSR count). The molecule has 586 valence electrons. The van der Waals surface area contributed by atoms with E-state index in [0.29, 0.717) is 12.8 Å². The van der Waals surface area contributed by atoms with E-state index in [9.17, 15) is 86.5 Å². The van der Waals surface area contributed by atoms with E-state index in [4.69, 9.17) is 47.4 Å². The SMILES string of the molecule is CCCCCCCC/C=C\CCCCCCCCCCCCCC(=O)N[C@@H](CO[C@@H]1OC(CO)[C@@H](O[C@@H]2OC(CO)[C@H](O[C@@H]3OC(CO)[C@H](O)[C@H](O[C@H]4OC(CO)[C@H](O)[C@H](O)C4O[C@H]4OC(C)[C@@H](O)C(O)[C@@H]4O)C3O)[C@H](O)C2O)[C@H](O)C1O)[C@H](O)/C=C/CCCCCCCCCCCCC. The maximum absolute atomic E-state index is 13.5. The molecule has 5 aliphatic heterocycles. The van der Waals surface area contributed by atoms with Crippen molar-refractivity contribution in [2.24, 2.45) is 0 Å². The highest BCUT2D eigenvalue weighted by Gasteiger charge is 2.57. The zero-order chi connectivity index (χ0) is 72.9. The Morgan fingerprint density at radius 2 is 0.730 bits per heavy atom. The van der Waals surface area contributed by atoms with Crippen LogP contribution < -0.4 is 5.32 Å². The number of carbonyl (C=O) groups excluding carboxylic acids is 1. The Balaban J connectivity index is 1.13. The molecule has 1 amide bonds. The number of allylic oxidation sites excluding steroid dienone is 3. The molecule has 5 fully saturated rings. The average molecular weight is 1440 g/mol. The van der Waals surface area contributed by atoms with Gasteiger partial charge >= 0.3 is 0 Å². The first-order valence-corrected chi connectivity index (χ1v) is 38.0. The van der Waals surface area contributed by atoms with Gasteiger partial charge in [-0.05, 0) is 51.9 Å². The van der Waals surface area contributed by atoms with Crippen LogP contribution in [0, 0.1) is 0 Å². The minimum Gasteiger partial charge on any atom is -0.394 e. The Morgan fingerprint density at radius 3 is 1.22 bits per heavy atom. The minimum atomic E-state index is -2.17. The zero-order valence-electron chi connectivity index (χ0n) is 59.7. The van der Waals surface area contributed by atoms with Crippen molar-refractivity contribution in [3.05, 3.63) is 24.3 Å². The number of unbranched alkanes of at least 4 members (excludes halogenated alkanes) is 28. The Kier molecular flexibility index (Phi) is 44.0.